The first-order valence-electron chi connectivity index (χ1n) is 4.43. The molecule has 0 fully saturated rings. The Labute approximate surface area is 87.1 Å². The van der Waals surface area contributed by atoms with Crippen LogP contribution >= 0.6 is 0 Å². The Bertz CT molecular complexity index is 373. The zero-order valence-corrected chi connectivity index (χ0v) is 8.10. The van der Waals surface area contributed by atoms with E-state index in [1.807, 2.05) is 0 Å². The van der Waals surface area contributed by atoms with Gasteiger partial charge in [0.15, 0.2) is 23.0 Å². The maximum absolute atomic E-state index is 10.9. The van der Waals surface area contributed by atoms with Gasteiger partial charge in [-0.2, -0.15) is 0 Å². The number of ketones is 1. The predicted octanol–water partition coefficient (Wildman–Crippen LogP) is 1.49. The standard InChI is InChI=1S/C11H12O4/c1-2-8(12)4-3-7-5-9(13)11(15)10(14)6-7/h2,5-6,13-15H,1,3-4H2. The van der Waals surface area contributed by atoms with Crippen LogP contribution in [0.2, 0.25) is 0 Å². The lowest BCUT2D eigenvalue weighted by Crippen LogP contribution is -1.95. The third-order valence-electron chi connectivity index (χ3n) is 2.02. The molecule has 4 nitrogen and oxygen atoms in total. The second-order valence-electron chi connectivity index (χ2n) is 3.15. The largest absolute Gasteiger partial charge is 0.504 e. The Morgan fingerprint density at radius 3 is 2.27 bits per heavy atom. The predicted molar refractivity (Wildman–Crippen MR) is 55.0 cm³/mol. The van der Waals surface area contributed by atoms with E-state index in [1.165, 1.54) is 18.2 Å². The van der Waals surface area contributed by atoms with E-state index in [0.717, 1.165) is 0 Å². The molecule has 1 aromatic carbocycles. The molecule has 0 bridgehead atoms. The molecule has 1 aromatic rings. The van der Waals surface area contributed by atoms with Gasteiger partial charge in [0.05, 0.1) is 0 Å². The lowest BCUT2D eigenvalue weighted by atomic mass is 10.1. The summed E-state index contributed by atoms with van der Waals surface area (Å²) in [5.41, 5.74) is 0.581. The van der Waals surface area contributed by atoms with Crippen LogP contribution in [0.1, 0.15) is 12.0 Å². The summed E-state index contributed by atoms with van der Waals surface area (Å²) in [4.78, 5) is 10.9. The molecule has 80 valence electrons. The number of phenolic OH excluding ortho intramolecular Hbond substituents is 3. The molecule has 0 radical (unpaired) electrons. The van der Waals surface area contributed by atoms with Crippen LogP contribution < -0.4 is 0 Å². The highest BCUT2D eigenvalue weighted by molar-refractivity contribution is 5.89. The molecule has 0 unspecified atom stereocenters. The third-order valence-corrected chi connectivity index (χ3v) is 2.02. The summed E-state index contributed by atoms with van der Waals surface area (Å²) in [5.74, 6) is -1.44. The summed E-state index contributed by atoms with van der Waals surface area (Å²) < 4.78 is 0. The van der Waals surface area contributed by atoms with E-state index in [1.54, 1.807) is 0 Å². The fourth-order valence-electron chi connectivity index (χ4n) is 1.17. The average molecular weight is 208 g/mol. The van der Waals surface area contributed by atoms with Crippen LogP contribution in [0.3, 0.4) is 0 Å². The zero-order valence-electron chi connectivity index (χ0n) is 8.10. The number of hydrogen-bond donors (Lipinski definition) is 3. The number of rotatable bonds is 4. The van der Waals surface area contributed by atoms with Gasteiger partial charge in [-0.05, 0) is 30.2 Å². The first kappa shape index (κ1) is 11.1. The molecule has 1 rings (SSSR count). The van der Waals surface area contributed by atoms with Gasteiger partial charge in [0.25, 0.3) is 0 Å². The minimum atomic E-state index is -0.547. The fourth-order valence-corrected chi connectivity index (χ4v) is 1.17. The summed E-state index contributed by atoms with van der Waals surface area (Å²) in [6.45, 7) is 3.33. The van der Waals surface area contributed by atoms with Crippen LogP contribution in [-0.4, -0.2) is 21.1 Å². The van der Waals surface area contributed by atoms with Crippen LogP contribution in [0, 0.1) is 0 Å². The smallest absolute Gasteiger partial charge is 0.200 e. The number of aromatic hydroxyl groups is 3. The lowest BCUT2D eigenvalue weighted by molar-refractivity contribution is -0.114. The van der Waals surface area contributed by atoms with Gasteiger partial charge in [-0.1, -0.05) is 6.58 Å². The summed E-state index contributed by atoms with van der Waals surface area (Å²) in [5, 5.41) is 27.4. The van der Waals surface area contributed by atoms with Crippen molar-refractivity contribution in [2.24, 2.45) is 0 Å². The van der Waals surface area contributed by atoms with Crippen molar-refractivity contribution in [1.29, 1.82) is 0 Å². The maximum Gasteiger partial charge on any atom is 0.200 e. The highest BCUT2D eigenvalue weighted by Gasteiger charge is 2.08. The van der Waals surface area contributed by atoms with Gasteiger partial charge in [0, 0.05) is 6.42 Å². The summed E-state index contributed by atoms with van der Waals surface area (Å²) in [7, 11) is 0. The van der Waals surface area contributed by atoms with E-state index in [4.69, 9.17) is 5.11 Å². The quantitative estimate of drug-likeness (QED) is 0.517. The Balaban J connectivity index is 2.79. The summed E-state index contributed by atoms with van der Waals surface area (Å²) in [6, 6.07) is 2.62. The molecule has 0 saturated heterocycles. The normalized spacial score (nSPS) is 9.87. The minimum absolute atomic E-state index is 0.109. The van der Waals surface area contributed by atoms with Crippen molar-refractivity contribution < 1.29 is 20.1 Å². The molecule has 0 heterocycles. The molecule has 0 spiro atoms. The molecule has 4 heteroatoms. The molecule has 15 heavy (non-hydrogen) atoms. The SMILES string of the molecule is C=CC(=O)CCc1cc(O)c(O)c(O)c1. The molecule has 0 aliphatic heterocycles. The van der Waals surface area contributed by atoms with Crippen molar-refractivity contribution in [3.8, 4) is 17.2 Å². The maximum atomic E-state index is 10.9. The fraction of sp³-hybridized carbons (Fsp3) is 0.182. The van der Waals surface area contributed by atoms with Crippen molar-refractivity contribution in [3.63, 3.8) is 0 Å². The van der Waals surface area contributed by atoms with Gasteiger partial charge in [-0.15, -0.1) is 0 Å². The highest BCUT2D eigenvalue weighted by Crippen LogP contribution is 2.35. The van der Waals surface area contributed by atoms with E-state index in [2.05, 4.69) is 6.58 Å². The van der Waals surface area contributed by atoms with Crippen molar-refractivity contribution in [2.45, 2.75) is 12.8 Å². The van der Waals surface area contributed by atoms with E-state index < -0.39 is 17.2 Å². The minimum Gasteiger partial charge on any atom is -0.504 e. The molecule has 0 aromatic heterocycles. The van der Waals surface area contributed by atoms with E-state index in [0.29, 0.717) is 12.0 Å². The molecule has 0 saturated carbocycles. The van der Waals surface area contributed by atoms with Gasteiger partial charge < -0.3 is 15.3 Å². The van der Waals surface area contributed by atoms with Crippen molar-refractivity contribution in [2.75, 3.05) is 0 Å². The molecule has 0 aliphatic rings. The average Bonchev–Trinajstić information content (AvgIpc) is 2.22. The Kier molecular flexibility index (Phi) is 3.33. The van der Waals surface area contributed by atoms with Crippen LogP contribution in [-0.2, 0) is 11.2 Å². The summed E-state index contributed by atoms with van der Waals surface area (Å²) >= 11 is 0. The number of aryl methyl sites for hydroxylation is 1. The molecule has 0 amide bonds. The Morgan fingerprint density at radius 2 is 1.80 bits per heavy atom. The second-order valence-corrected chi connectivity index (χ2v) is 3.15. The lowest BCUT2D eigenvalue weighted by Gasteiger charge is -2.04. The first-order valence-corrected chi connectivity index (χ1v) is 4.43. The van der Waals surface area contributed by atoms with E-state index >= 15 is 0 Å². The van der Waals surface area contributed by atoms with Gasteiger partial charge in [-0.25, -0.2) is 0 Å². The summed E-state index contributed by atoms with van der Waals surface area (Å²) in [6.07, 6.45) is 1.86. The number of allylic oxidation sites excluding steroid dienone is 1. The van der Waals surface area contributed by atoms with Crippen LogP contribution in [0.4, 0.5) is 0 Å². The van der Waals surface area contributed by atoms with Crippen LogP contribution in [0.15, 0.2) is 24.8 Å². The van der Waals surface area contributed by atoms with E-state index in [9.17, 15) is 15.0 Å². The molecule has 3 N–H and O–H groups in total. The van der Waals surface area contributed by atoms with Gasteiger partial charge in [0.2, 0.25) is 0 Å². The van der Waals surface area contributed by atoms with Gasteiger partial charge in [-0.3, -0.25) is 4.79 Å². The molecular weight excluding hydrogens is 196 g/mol. The second kappa shape index (κ2) is 4.50. The molecular formula is C11H12O4. The van der Waals surface area contributed by atoms with Crippen molar-refractivity contribution >= 4 is 5.78 Å². The molecule has 0 atom stereocenters. The van der Waals surface area contributed by atoms with E-state index in [-0.39, 0.29) is 12.2 Å². The number of carbonyl (C=O) groups excluding carboxylic acids is 1. The number of hydrogen-bond acceptors (Lipinski definition) is 4. The number of phenols is 3. The highest BCUT2D eigenvalue weighted by atomic mass is 16.3. The van der Waals surface area contributed by atoms with Gasteiger partial charge in [0.1, 0.15) is 0 Å². The van der Waals surface area contributed by atoms with Crippen molar-refractivity contribution in [3.05, 3.63) is 30.4 Å². The van der Waals surface area contributed by atoms with Crippen molar-refractivity contribution in [1.82, 2.24) is 0 Å². The molecule has 0 aliphatic carbocycles. The number of benzene rings is 1. The first-order chi connectivity index (χ1) is 7.04. The Morgan fingerprint density at radius 1 is 1.27 bits per heavy atom. The monoisotopic (exact) mass is 208 g/mol. The third kappa shape index (κ3) is 2.74. The van der Waals surface area contributed by atoms with Crippen LogP contribution in [0.25, 0.3) is 0 Å². The topological polar surface area (TPSA) is 77.8 Å². The number of carbonyl (C=O) groups is 1. The Hall–Kier alpha value is -1.97. The van der Waals surface area contributed by atoms with Gasteiger partial charge >= 0.3 is 0 Å². The zero-order chi connectivity index (χ0) is 11.4. The van der Waals surface area contributed by atoms with Crippen LogP contribution in [0.5, 0.6) is 17.2 Å².